The smallest absolute Gasteiger partial charge is 0.303 e. The van der Waals surface area contributed by atoms with Crippen molar-refractivity contribution in [2.24, 2.45) is 0 Å². The van der Waals surface area contributed by atoms with Crippen molar-refractivity contribution < 1.29 is 14.7 Å². The molecule has 0 atom stereocenters. The normalized spacial score (nSPS) is 6.90. The molecule has 0 aliphatic rings. The molecule has 0 amide bonds. The highest BCUT2D eigenvalue weighted by Gasteiger charge is 1.99. The van der Waals surface area contributed by atoms with Crippen LogP contribution in [0.1, 0.15) is 12.8 Å². The second-order valence-electron chi connectivity index (χ2n) is 1.25. The first-order chi connectivity index (χ1) is 3.63. The van der Waals surface area contributed by atoms with Gasteiger partial charge in [0.15, 0.2) is 0 Å². The van der Waals surface area contributed by atoms with E-state index < -0.39 is 11.2 Å². The lowest BCUT2D eigenvalue weighted by atomic mass is 10.3. The average Bonchev–Trinajstić information content (AvgIpc) is 1.61. The van der Waals surface area contributed by atoms with Crippen molar-refractivity contribution in [3.05, 3.63) is 0 Å². The van der Waals surface area contributed by atoms with Gasteiger partial charge in [-0.1, -0.05) is 0 Å². The molecule has 7 N–H and O–H groups in total. The lowest BCUT2D eigenvalue weighted by Crippen LogP contribution is -1.96. The summed E-state index contributed by atoms with van der Waals surface area (Å²) in [4.78, 5) is 19.5. The lowest BCUT2D eigenvalue weighted by Gasteiger charge is -1.84. The van der Waals surface area contributed by atoms with Gasteiger partial charge < -0.3 is 17.4 Å². The summed E-state index contributed by atoms with van der Waals surface area (Å²) >= 11 is 4.82. The number of carbonyl (C=O) groups is 2. The third kappa shape index (κ3) is 15.7. The Hall–Kier alpha value is -0.650. The molecule has 0 aromatic carbocycles. The summed E-state index contributed by atoms with van der Waals surface area (Å²) in [5, 5.41) is 7.35. The molecule has 0 aromatic heterocycles. The number of carboxylic acids is 1. The van der Waals surface area contributed by atoms with Crippen LogP contribution in [0.25, 0.3) is 0 Å². The fourth-order valence-corrected chi connectivity index (χ4v) is 0.300. The van der Waals surface area contributed by atoms with Crippen LogP contribution >= 0.6 is 11.6 Å². The van der Waals surface area contributed by atoms with Crippen LogP contribution in [-0.4, -0.2) is 16.3 Å². The van der Waals surface area contributed by atoms with Gasteiger partial charge in [0.2, 0.25) is 5.24 Å². The molecule has 0 rings (SSSR count). The van der Waals surface area contributed by atoms with E-state index in [1.54, 1.807) is 0 Å². The second-order valence-corrected chi connectivity index (χ2v) is 1.67. The maximum atomic E-state index is 9.85. The molecule has 6 heteroatoms. The number of carboxylic acid groups (broad SMARTS) is 1. The standard InChI is InChI=1S/C4H5ClO3.2H3N/c5-3(6)1-2-4(7)8;;/h1-2H2,(H,7,8);2*1H3. The molecule has 62 valence electrons. The van der Waals surface area contributed by atoms with Crippen molar-refractivity contribution in [1.29, 1.82) is 0 Å². The molecule has 0 saturated heterocycles. The Labute approximate surface area is 63.5 Å². The zero-order chi connectivity index (χ0) is 6.57. The fraction of sp³-hybridized carbons (Fsp3) is 0.500. The summed E-state index contributed by atoms with van der Waals surface area (Å²) < 4.78 is 0. The minimum Gasteiger partial charge on any atom is -0.481 e. The van der Waals surface area contributed by atoms with Crippen LogP contribution in [0.3, 0.4) is 0 Å². The summed E-state index contributed by atoms with van der Waals surface area (Å²) in [7, 11) is 0. The van der Waals surface area contributed by atoms with Crippen LogP contribution in [0.15, 0.2) is 0 Å². The Morgan fingerprint density at radius 1 is 1.20 bits per heavy atom. The topological polar surface area (TPSA) is 124 Å². The average molecular weight is 171 g/mol. The predicted molar refractivity (Wildman–Crippen MR) is 37.8 cm³/mol. The molecule has 0 fully saturated rings. The Morgan fingerprint density at radius 3 is 1.70 bits per heavy atom. The zero-order valence-corrected chi connectivity index (χ0v) is 6.23. The highest BCUT2D eigenvalue weighted by Crippen LogP contribution is 1.92. The molecule has 0 aliphatic heterocycles. The van der Waals surface area contributed by atoms with Gasteiger partial charge in [-0.05, 0) is 11.6 Å². The van der Waals surface area contributed by atoms with Crippen LogP contribution in [0.2, 0.25) is 0 Å². The number of rotatable bonds is 3. The van der Waals surface area contributed by atoms with Gasteiger partial charge in [0.1, 0.15) is 0 Å². The third-order valence-electron chi connectivity index (χ3n) is 0.535. The van der Waals surface area contributed by atoms with Gasteiger partial charge in [-0.3, -0.25) is 9.59 Å². The maximum Gasteiger partial charge on any atom is 0.303 e. The van der Waals surface area contributed by atoms with Crippen LogP contribution in [0.5, 0.6) is 0 Å². The van der Waals surface area contributed by atoms with Crippen molar-refractivity contribution in [1.82, 2.24) is 12.3 Å². The van der Waals surface area contributed by atoms with E-state index in [1.165, 1.54) is 0 Å². The second kappa shape index (κ2) is 8.35. The Kier molecular flexibility index (Phi) is 13.5. The monoisotopic (exact) mass is 170 g/mol. The van der Waals surface area contributed by atoms with Crippen LogP contribution in [0.4, 0.5) is 0 Å². The molecule has 0 unspecified atom stereocenters. The summed E-state index contributed by atoms with van der Waals surface area (Å²) in [6, 6.07) is 0. The quantitative estimate of drug-likeness (QED) is 0.544. The third-order valence-corrected chi connectivity index (χ3v) is 0.724. The minimum absolute atomic E-state index is 0. The van der Waals surface area contributed by atoms with Gasteiger partial charge in [-0.2, -0.15) is 0 Å². The number of hydrogen-bond donors (Lipinski definition) is 3. The van der Waals surface area contributed by atoms with E-state index in [2.05, 4.69) is 0 Å². The molecule has 0 spiro atoms. The molecule has 0 radical (unpaired) electrons. The minimum atomic E-state index is -1.00. The highest BCUT2D eigenvalue weighted by atomic mass is 35.5. The molecule has 0 heterocycles. The largest absolute Gasteiger partial charge is 0.481 e. The van der Waals surface area contributed by atoms with Gasteiger partial charge in [0.05, 0.1) is 6.42 Å². The summed E-state index contributed by atoms with van der Waals surface area (Å²) in [6.07, 6.45) is -0.265. The van der Waals surface area contributed by atoms with Gasteiger partial charge in [0.25, 0.3) is 0 Å². The molecule has 0 bridgehead atoms. The number of halogens is 1. The van der Waals surface area contributed by atoms with E-state index in [1.807, 2.05) is 0 Å². The maximum absolute atomic E-state index is 9.85. The van der Waals surface area contributed by atoms with Crippen LogP contribution in [-0.2, 0) is 9.59 Å². The van der Waals surface area contributed by atoms with E-state index in [-0.39, 0.29) is 25.1 Å². The van der Waals surface area contributed by atoms with E-state index in [9.17, 15) is 9.59 Å². The van der Waals surface area contributed by atoms with Gasteiger partial charge >= 0.3 is 5.97 Å². The number of carbonyl (C=O) groups excluding carboxylic acids is 1. The van der Waals surface area contributed by atoms with Crippen LogP contribution < -0.4 is 12.3 Å². The van der Waals surface area contributed by atoms with Crippen molar-refractivity contribution in [2.45, 2.75) is 12.8 Å². The molecule has 5 nitrogen and oxygen atoms in total. The fourth-order valence-electron chi connectivity index (χ4n) is 0.205. The first-order valence-corrected chi connectivity index (χ1v) is 2.41. The molecular formula is C4H11ClN2O3. The molecule has 0 saturated carbocycles. The van der Waals surface area contributed by atoms with E-state index in [4.69, 9.17) is 16.7 Å². The number of hydrogen-bond acceptors (Lipinski definition) is 4. The highest BCUT2D eigenvalue weighted by molar-refractivity contribution is 6.63. The van der Waals surface area contributed by atoms with E-state index in [0.717, 1.165) is 0 Å². The lowest BCUT2D eigenvalue weighted by molar-refractivity contribution is -0.138. The van der Waals surface area contributed by atoms with Crippen molar-refractivity contribution >= 4 is 22.8 Å². The Bertz CT molecular complexity index is 103. The van der Waals surface area contributed by atoms with Crippen molar-refractivity contribution in [2.75, 3.05) is 0 Å². The molecule has 0 aromatic rings. The van der Waals surface area contributed by atoms with Crippen molar-refractivity contribution in [3.8, 4) is 0 Å². The van der Waals surface area contributed by atoms with E-state index in [0.29, 0.717) is 0 Å². The summed E-state index contributed by atoms with van der Waals surface area (Å²) in [5.41, 5.74) is 0. The van der Waals surface area contributed by atoms with Gasteiger partial charge in [-0.15, -0.1) is 0 Å². The first kappa shape index (κ1) is 16.2. The van der Waals surface area contributed by atoms with Gasteiger partial charge in [0, 0.05) is 6.42 Å². The summed E-state index contributed by atoms with van der Waals surface area (Å²) in [5.74, 6) is -1.00. The SMILES string of the molecule is N.N.O=C(O)CCC(=O)Cl. The first-order valence-electron chi connectivity index (χ1n) is 2.03. The van der Waals surface area contributed by atoms with Crippen molar-refractivity contribution in [3.63, 3.8) is 0 Å². The Balaban J connectivity index is -0.000000245. The number of aliphatic carboxylic acids is 1. The van der Waals surface area contributed by atoms with Gasteiger partial charge in [-0.25, -0.2) is 0 Å². The molecular weight excluding hydrogens is 160 g/mol. The zero-order valence-electron chi connectivity index (χ0n) is 5.47. The molecule has 0 aliphatic carbocycles. The van der Waals surface area contributed by atoms with E-state index >= 15 is 0 Å². The predicted octanol–water partition coefficient (Wildman–Crippen LogP) is 0.941. The Morgan fingerprint density at radius 2 is 1.60 bits per heavy atom. The van der Waals surface area contributed by atoms with Crippen LogP contribution in [0, 0.1) is 0 Å². The summed E-state index contributed by atoms with van der Waals surface area (Å²) in [6.45, 7) is 0. The molecule has 10 heavy (non-hydrogen) atoms.